The second-order valence-electron chi connectivity index (χ2n) is 6.36. The molecule has 0 amide bonds. The Bertz CT molecular complexity index is 1010. The predicted octanol–water partition coefficient (Wildman–Crippen LogP) is 6.56. The highest BCUT2D eigenvalue weighted by atomic mass is 15.0. The van der Waals surface area contributed by atoms with Gasteiger partial charge in [0.25, 0.3) is 0 Å². The molecule has 0 saturated carbocycles. The zero-order chi connectivity index (χ0) is 17.2. The minimum absolute atomic E-state index is 0.957. The first-order valence-electron chi connectivity index (χ1n) is 9.10. The van der Waals surface area contributed by atoms with Crippen LogP contribution in [-0.2, 0) is 13.0 Å². The van der Waals surface area contributed by atoms with Crippen LogP contribution in [0.15, 0.2) is 78.9 Å². The zero-order valence-corrected chi connectivity index (χ0v) is 14.9. The van der Waals surface area contributed by atoms with Gasteiger partial charge in [-0.25, -0.2) is 0 Å². The van der Waals surface area contributed by atoms with Crippen LogP contribution < -0.4 is 0 Å². The van der Waals surface area contributed by atoms with Crippen LogP contribution in [0.3, 0.4) is 0 Å². The molecule has 4 rings (SSSR count). The van der Waals surface area contributed by atoms with E-state index in [1.54, 1.807) is 0 Å². The van der Waals surface area contributed by atoms with Crippen molar-refractivity contribution in [1.82, 2.24) is 4.57 Å². The maximum absolute atomic E-state index is 2.45. The summed E-state index contributed by atoms with van der Waals surface area (Å²) >= 11 is 0. The van der Waals surface area contributed by atoms with E-state index in [4.69, 9.17) is 0 Å². The molecule has 3 aromatic carbocycles. The summed E-state index contributed by atoms with van der Waals surface area (Å²) in [6.07, 6.45) is 1.04. The average Bonchev–Trinajstić information content (AvgIpc) is 3.02. The molecule has 0 spiro atoms. The normalized spacial score (nSPS) is 11.1. The highest BCUT2D eigenvalue weighted by Crippen LogP contribution is 2.42. The Morgan fingerprint density at radius 3 is 2.16 bits per heavy atom. The molecule has 4 aromatic rings. The zero-order valence-electron chi connectivity index (χ0n) is 14.9. The first kappa shape index (κ1) is 15.7. The minimum atomic E-state index is 0.957. The van der Waals surface area contributed by atoms with Gasteiger partial charge in [0.05, 0.1) is 5.69 Å². The minimum Gasteiger partial charge on any atom is -0.340 e. The summed E-state index contributed by atoms with van der Waals surface area (Å²) in [5, 5.41) is 1.34. The number of hydrogen-bond donors (Lipinski definition) is 0. The van der Waals surface area contributed by atoms with E-state index in [0.29, 0.717) is 0 Å². The summed E-state index contributed by atoms with van der Waals surface area (Å²) in [6, 6.07) is 28.4. The summed E-state index contributed by atoms with van der Waals surface area (Å²) in [4.78, 5) is 0. The van der Waals surface area contributed by atoms with Crippen molar-refractivity contribution in [3.63, 3.8) is 0 Å². The Labute approximate surface area is 149 Å². The van der Waals surface area contributed by atoms with E-state index in [9.17, 15) is 0 Å². The van der Waals surface area contributed by atoms with Gasteiger partial charge in [0, 0.05) is 23.0 Å². The number of fused-ring (bicyclic) bond motifs is 1. The van der Waals surface area contributed by atoms with Gasteiger partial charge >= 0.3 is 0 Å². The smallest absolute Gasteiger partial charge is 0.0571 e. The van der Waals surface area contributed by atoms with Crippen LogP contribution >= 0.6 is 0 Å². The number of nitrogens with zero attached hydrogens (tertiary/aromatic N) is 1. The van der Waals surface area contributed by atoms with Gasteiger partial charge in [-0.3, -0.25) is 0 Å². The van der Waals surface area contributed by atoms with Crippen molar-refractivity contribution in [2.75, 3.05) is 0 Å². The van der Waals surface area contributed by atoms with E-state index in [1.165, 1.54) is 38.9 Å². The topological polar surface area (TPSA) is 4.93 Å². The molecule has 1 heteroatoms. The fourth-order valence-electron chi connectivity index (χ4n) is 3.87. The largest absolute Gasteiger partial charge is 0.340 e. The maximum Gasteiger partial charge on any atom is 0.0571 e. The number of hydrogen-bond acceptors (Lipinski definition) is 0. The SMILES string of the molecule is CCc1ccccc1-c1c(-c2ccccc2)n(CC)c2ccccc12. The van der Waals surface area contributed by atoms with Gasteiger partial charge in [-0.2, -0.15) is 0 Å². The predicted molar refractivity (Wildman–Crippen MR) is 108 cm³/mol. The maximum atomic E-state index is 2.45. The first-order valence-corrected chi connectivity index (χ1v) is 9.10. The van der Waals surface area contributed by atoms with Crippen molar-refractivity contribution >= 4 is 10.9 Å². The molecule has 1 nitrogen and oxygen atoms in total. The molecule has 0 N–H and O–H groups in total. The lowest BCUT2D eigenvalue weighted by atomic mass is 9.93. The second-order valence-corrected chi connectivity index (χ2v) is 6.36. The van der Waals surface area contributed by atoms with Crippen LogP contribution in [0, 0.1) is 0 Å². The van der Waals surface area contributed by atoms with Gasteiger partial charge < -0.3 is 4.57 Å². The summed E-state index contributed by atoms with van der Waals surface area (Å²) < 4.78 is 2.45. The Morgan fingerprint density at radius 2 is 1.40 bits per heavy atom. The van der Waals surface area contributed by atoms with Crippen LogP contribution in [0.25, 0.3) is 33.3 Å². The summed E-state index contributed by atoms with van der Waals surface area (Å²) in [7, 11) is 0. The number of rotatable bonds is 4. The van der Waals surface area contributed by atoms with E-state index in [-0.39, 0.29) is 0 Å². The van der Waals surface area contributed by atoms with Crippen LogP contribution in [0.5, 0.6) is 0 Å². The molecule has 0 atom stereocenters. The molecule has 124 valence electrons. The summed E-state index contributed by atoms with van der Waals surface area (Å²) in [5.74, 6) is 0. The van der Waals surface area contributed by atoms with Crippen LogP contribution in [-0.4, -0.2) is 4.57 Å². The Morgan fingerprint density at radius 1 is 0.720 bits per heavy atom. The highest BCUT2D eigenvalue weighted by molar-refractivity contribution is 6.05. The third-order valence-corrected chi connectivity index (χ3v) is 5.00. The van der Waals surface area contributed by atoms with Gasteiger partial charge in [-0.15, -0.1) is 0 Å². The molecular formula is C24H23N. The Balaban J connectivity index is 2.16. The highest BCUT2D eigenvalue weighted by Gasteiger charge is 2.20. The summed E-state index contributed by atoms with van der Waals surface area (Å²) in [6.45, 7) is 5.42. The van der Waals surface area contributed by atoms with Gasteiger partial charge in [-0.05, 0) is 36.1 Å². The molecule has 0 aliphatic carbocycles. The molecule has 0 saturated heterocycles. The average molecular weight is 325 g/mol. The number of aromatic nitrogens is 1. The number of benzene rings is 3. The molecule has 0 aliphatic rings. The van der Waals surface area contributed by atoms with E-state index >= 15 is 0 Å². The molecule has 0 aliphatic heterocycles. The molecule has 1 heterocycles. The lowest BCUT2D eigenvalue weighted by Gasteiger charge is -2.13. The fourth-order valence-corrected chi connectivity index (χ4v) is 3.87. The standard InChI is InChI=1S/C24H23N/c1-3-18-12-8-9-15-20(18)23-21-16-10-11-17-22(21)25(4-2)24(23)19-13-6-5-7-14-19/h5-17H,3-4H2,1-2H3. The van der Waals surface area contributed by atoms with Crippen LogP contribution in [0.1, 0.15) is 19.4 Å². The lowest BCUT2D eigenvalue weighted by Crippen LogP contribution is -1.98. The van der Waals surface area contributed by atoms with E-state index in [0.717, 1.165) is 13.0 Å². The molecule has 25 heavy (non-hydrogen) atoms. The van der Waals surface area contributed by atoms with Crippen LogP contribution in [0.2, 0.25) is 0 Å². The van der Waals surface area contributed by atoms with E-state index in [1.807, 2.05) is 0 Å². The van der Waals surface area contributed by atoms with Gasteiger partial charge in [0.15, 0.2) is 0 Å². The fraction of sp³-hybridized carbons (Fsp3) is 0.167. The third kappa shape index (κ3) is 2.56. The monoisotopic (exact) mass is 325 g/mol. The molecule has 0 bridgehead atoms. The van der Waals surface area contributed by atoms with Gasteiger partial charge in [0.1, 0.15) is 0 Å². The number of aryl methyl sites for hydroxylation is 2. The molecular weight excluding hydrogens is 302 g/mol. The molecule has 1 aromatic heterocycles. The lowest BCUT2D eigenvalue weighted by molar-refractivity contribution is 0.806. The summed E-state index contributed by atoms with van der Waals surface area (Å²) in [5.41, 5.74) is 8.03. The van der Waals surface area contributed by atoms with Crippen LogP contribution in [0.4, 0.5) is 0 Å². The molecule has 0 fully saturated rings. The van der Waals surface area contributed by atoms with E-state index < -0.39 is 0 Å². The van der Waals surface area contributed by atoms with Crippen molar-refractivity contribution in [3.05, 3.63) is 84.4 Å². The van der Waals surface area contributed by atoms with Crippen molar-refractivity contribution in [2.24, 2.45) is 0 Å². The first-order chi connectivity index (χ1) is 12.3. The third-order valence-electron chi connectivity index (χ3n) is 5.00. The van der Waals surface area contributed by atoms with Crippen molar-refractivity contribution < 1.29 is 0 Å². The Kier molecular flexibility index (Phi) is 4.15. The van der Waals surface area contributed by atoms with Crippen molar-refractivity contribution in [2.45, 2.75) is 26.8 Å². The second kappa shape index (κ2) is 6.60. The Hall–Kier alpha value is -2.80. The van der Waals surface area contributed by atoms with Crippen molar-refractivity contribution in [1.29, 1.82) is 0 Å². The number of para-hydroxylation sites is 1. The van der Waals surface area contributed by atoms with E-state index in [2.05, 4.69) is 97.3 Å². The quantitative estimate of drug-likeness (QED) is 0.400. The molecule has 0 radical (unpaired) electrons. The molecule has 0 unspecified atom stereocenters. The van der Waals surface area contributed by atoms with Crippen molar-refractivity contribution in [3.8, 4) is 22.4 Å². The van der Waals surface area contributed by atoms with Gasteiger partial charge in [-0.1, -0.05) is 79.7 Å². The van der Waals surface area contributed by atoms with Gasteiger partial charge in [0.2, 0.25) is 0 Å².